The van der Waals surface area contributed by atoms with Crippen LogP contribution in [0, 0.1) is 5.92 Å². The molecule has 1 spiro atoms. The number of nitrogens with zero attached hydrogens (tertiary/aromatic N) is 1. The fourth-order valence-corrected chi connectivity index (χ4v) is 3.63. The van der Waals surface area contributed by atoms with Gasteiger partial charge in [-0.2, -0.15) is 0 Å². The Balaban J connectivity index is 1.39. The molecule has 1 atom stereocenters. The first-order valence-electron chi connectivity index (χ1n) is 8.82. The summed E-state index contributed by atoms with van der Waals surface area (Å²) in [5, 5.41) is 0. The van der Waals surface area contributed by atoms with Crippen molar-refractivity contribution in [1.29, 1.82) is 0 Å². The van der Waals surface area contributed by atoms with Crippen LogP contribution in [-0.4, -0.2) is 62.0 Å². The first-order valence-corrected chi connectivity index (χ1v) is 8.82. The van der Waals surface area contributed by atoms with Gasteiger partial charge in [0.25, 0.3) is 0 Å². The van der Waals surface area contributed by atoms with Gasteiger partial charge in [-0.1, -0.05) is 6.42 Å². The quantitative estimate of drug-likeness (QED) is 0.753. The first-order chi connectivity index (χ1) is 10.7. The zero-order valence-corrected chi connectivity index (χ0v) is 13.7. The second-order valence-corrected chi connectivity index (χ2v) is 6.97. The Kier molecular flexibility index (Phi) is 5.37. The minimum atomic E-state index is -0.0489. The highest BCUT2D eigenvalue weighted by Gasteiger charge is 2.44. The molecular formula is C17H29NO4. The van der Waals surface area contributed by atoms with Crippen molar-refractivity contribution in [2.24, 2.45) is 5.92 Å². The van der Waals surface area contributed by atoms with Crippen LogP contribution in [0.2, 0.25) is 0 Å². The molecule has 3 rings (SSSR count). The van der Waals surface area contributed by atoms with Gasteiger partial charge in [-0.05, 0) is 38.5 Å². The maximum Gasteiger partial charge on any atom is 0.248 e. The third-order valence-electron chi connectivity index (χ3n) is 5.42. The van der Waals surface area contributed by atoms with Crippen molar-refractivity contribution < 1.29 is 19.0 Å². The molecule has 1 amide bonds. The molecule has 0 aromatic rings. The van der Waals surface area contributed by atoms with Gasteiger partial charge in [0.2, 0.25) is 5.91 Å². The minimum absolute atomic E-state index is 0.0489. The summed E-state index contributed by atoms with van der Waals surface area (Å²) in [6.07, 6.45) is 7.12. The van der Waals surface area contributed by atoms with Crippen molar-refractivity contribution >= 4 is 5.91 Å². The van der Waals surface area contributed by atoms with E-state index in [1.165, 1.54) is 19.3 Å². The van der Waals surface area contributed by atoms with Crippen molar-refractivity contribution in [3.05, 3.63) is 0 Å². The van der Waals surface area contributed by atoms with Crippen molar-refractivity contribution in [3.63, 3.8) is 0 Å². The van der Waals surface area contributed by atoms with Crippen molar-refractivity contribution in [1.82, 2.24) is 4.90 Å². The average Bonchev–Trinajstić information content (AvgIpc) is 2.87. The lowest BCUT2D eigenvalue weighted by molar-refractivity contribution is -0.140. The molecule has 2 aliphatic heterocycles. The van der Waals surface area contributed by atoms with Gasteiger partial charge in [0.05, 0.1) is 18.3 Å². The molecule has 0 aromatic carbocycles. The smallest absolute Gasteiger partial charge is 0.248 e. The minimum Gasteiger partial charge on any atom is -0.375 e. The van der Waals surface area contributed by atoms with Crippen LogP contribution >= 0.6 is 0 Å². The van der Waals surface area contributed by atoms with Crippen LogP contribution in [0.25, 0.3) is 0 Å². The maximum absolute atomic E-state index is 12.0. The van der Waals surface area contributed by atoms with Crippen LogP contribution in [0.1, 0.15) is 45.4 Å². The number of hydrogen-bond acceptors (Lipinski definition) is 4. The maximum atomic E-state index is 12.0. The zero-order valence-electron chi connectivity index (χ0n) is 13.7. The van der Waals surface area contributed by atoms with Crippen LogP contribution in [0.15, 0.2) is 0 Å². The zero-order chi connectivity index (χ0) is 15.4. The molecule has 126 valence electrons. The Hall–Kier alpha value is -0.650. The number of likely N-dealkylation sites (tertiary alicyclic amines) is 1. The summed E-state index contributed by atoms with van der Waals surface area (Å²) in [4.78, 5) is 13.9. The summed E-state index contributed by atoms with van der Waals surface area (Å²) in [5.41, 5.74) is -0.0489. The molecule has 5 heteroatoms. The Morgan fingerprint density at radius 1 is 1.32 bits per heavy atom. The van der Waals surface area contributed by atoms with Gasteiger partial charge in [-0.3, -0.25) is 4.79 Å². The number of piperidine rings is 1. The Morgan fingerprint density at radius 2 is 2.09 bits per heavy atom. The van der Waals surface area contributed by atoms with Gasteiger partial charge in [0.1, 0.15) is 6.61 Å². The molecule has 1 aliphatic carbocycles. The molecule has 2 heterocycles. The fourth-order valence-electron chi connectivity index (χ4n) is 3.63. The van der Waals surface area contributed by atoms with E-state index in [2.05, 4.69) is 0 Å². The average molecular weight is 311 g/mol. The van der Waals surface area contributed by atoms with E-state index in [0.29, 0.717) is 6.61 Å². The summed E-state index contributed by atoms with van der Waals surface area (Å²) in [6.45, 7) is 5.89. The highest BCUT2D eigenvalue weighted by atomic mass is 16.6. The predicted molar refractivity (Wildman–Crippen MR) is 82.7 cm³/mol. The molecule has 0 aromatic heterocycles. The third kappa shape index (κ3) is 3.81. The van der Waals surface area contributed by atoms with Crippen LogP contribution in [0.5, 0.6) is 0 Å². The molecule has 0 radical (unpaired) electrons. The van der Waals surface area contributed by atoms with E-state index in [1.54, 1.807) is 0 Å². The number of carbonyl (C=O) groups is 1. The largest absolute Gasteiger partial charge is 0.375 e. The number of ether oxygens (including phenoxy) is 3. The van der Waals surface area contributed by atoms with Crippen molar-refractivity contribution in [3.8, 4) is 0 Å². The molecule has 0 bridgehead atoms. The molecule has 3 aliphatic rings. The normalized spacial score (nSPS) is 28.0. The van der Waals surface area contributed by atoms with E-state index in [-0.39, 0.29) is 24.2 Å². The lowest BCUT2D eigenvalue weighted by Crippen LogP contribution is -2.47. The number of rotatable bonds is 6. The molecule has 5 nitrogen and oxygen atoms in total. The fraction of sp³-hybridized carbons (Fsp3) is 0.941. The highest BCUT2D eigenvalue weighted by molar-refractivity contribution is 5.77. The lowest BCUT2D eigenvalue weighted by atomic mass is 9.86. The van der Waals surface area contributed by atoms with E-state index in [0.717, 1.165) is 51.5 Å². The SMILES string of the molecule is CCOCC(=O)N1CCC2(CC1)C[C@H](OCC1CCC1)CO2. The molecule has 1 saturated carbocycles. The van der Waals surface area contributed by atoms with E-state index in [9.17, 15) is 4.79 Å². The molecule has 2 saturated heterocycles. The summed E-state index contributed by atoms with van der Waals surface area (Å²) in [5.74, 6) is 0.891. The van der Waals surface area contributed by atoms with Gasteiger partial charge in [-0.25, -0.2) is 0 Å². The second-order valence-electron chi connectivity index (χ2n) is 6.97. The first kappa shape index (κ1) is 16.2. The highest BCUT2D eigenvalue weighted by Crippen LogP contribution is 2.37. The number of carbonyl (C=O) groups excluding carboxylic acids is 1. The molecule has 0 unspecified atom stereocenters. The Morgan fingerprint density at radius 3 is 2.73 bits per heavy atom. The van der Waals surface area contributed by atoms with Gasteiger partial charge < -0.3 is 19.1 Å². The summed E-state index contributed by atoms with van der Waals surface area (Å²) in [6, 6.07) is 0. The molecular weight excluding hydrogens is 282 g/mol. The van der Waals surface area contributed by atoms with Gasteiger partial charge in [0, 0.05) is 32.7 Å². The van der Waals surface area contributed by atoms with Gasteiger partial charge >= 0.3 is 0 Å². The summed E-state index contributed by atoms with van der Waals surface area (Å²) < 4.78 is 17.3. The Labute approximate surface area is 133 Å². The third-order valence-corrected chi connectivity index (χ3v) is 5.42. The van der Waals surface area contributed by atoms with Crippen molar-refractivity contribution in [2.75, 3.05) is 39.5 Å². The van der Waals surface area contributed by atoms with Gasteiger partial charge in [0.15, 0.2) is 0 Å². The van der Waals surface area contributed by atoms with Crippen molar-refractivity contribution in [2.45, 2.75) is 57.2 Å². The van der Waals surface area contributed by atoms with Crippen LogP contribution in [-0.2, 0) is 19.0 Å². The summed E-state index contributed by atoms with van der Waals surface area (Å²) >= 11 is 0. The molecule has 22 heavy (non-hydrogen) atoms. The lowest BCUT2D eigenvalue weighted by Gasteiger charge is -2.38. The number of amides is 1. The van der Waals surface area contributed by atoms with Crippen LogP contribution in [0.3, 0.4) is 0 Å². The predicted octanol–water partition coefficient (Wildman–Crippen LogP) is 1.99. The topological polar surface area (TPSA) is 48.0 Å². The van der Waals surface area contributed by atoms with E-state index in [1.807, 2.05) is 11.8 Å². The Bertz CT molecular complexity index is 375. The molecule has 3 fully saturated rings. The summed E-state index contributed by atoms with van der Waals surface area (Å²) in [7, 11) is 0. The molecule has 0 N–H and O–H groups in total. The van der Waals surface area contributed by atoms with E-state index >= 15 is 0 Å². The van der Waals surface area contributed by atoms with E-state index in [4.69, 9.17) is 14.2 Å². The van der Waals surface area contributed by atoms with E-state index < -0.39 is 0 Å². The van der Waals surface area contributed by atoms with Crippen LogP contribution in [0.4, 0.5) is 0 Å². The van der Waals surface area contributed by atoms with Gasteiger partial charge in [-0.15, -0.1) is 0 Å². The standard InChI is InChI=1S/C17H29NO4/c1-2-20-13-16(19)18-8-6-17(7-9-18)10-15(12-22-17)21-11-14-4-3-5-14/h14-15H,2-13H2,1H3/t15-/m0/s1. The van der Waals surface area contributed by atoms with Crippen LogP contribution < -0.4 is 0 Å². The second kappa shape index (κ2) is 7.28. The monoisotopic (exact) mass is 311 g/mol. The number of hydrogen-bond donors (Lipinski definition) is 0.